The fraction of sp³-hybridized carbons (Fsp3) is 0. The van der Waals surface area contributed by atoms with Crippen LogP contribution in [0.5, 0.6) is 0 Å². The van der Waals surface area contributed by atoms with Crippen LogP contribution in [0.1, 0.15) is 11.1 Å². The van der Waals surface area contributed by atoms with Crippen LogP contribution < -0.4 is 5.43 Å². The van der Waals surface area contributed by atoms with Gasteiger partial charge in [-0.3, -0.25) is 0 Å². The Labute approximate surface area is 115 Å². The Bertz CT molecular complexity index is 764. The first kappa shape index (κ1) is 11.9. The number of oxazole rings is 1. The molecule has 2 aromatic carbocycles. The molecule has 0 aliphatic rings. The summed E-state index contributed by atoms with van der Waals surface area (Å²) in [6, 6.07) is 17.0. The number of nitriles is 1. The number of benzene rings is 2. The van der Waals surface area contributed by atoms with Crippen LogP contribution in [-0.2, 0) is 0 Å². The van der Waals surface area contributed by atoms with Gasteiger partial charge in [-0.2, -0.15) is 15.3 Å². The molecular formula is C15H10N4O. The van der Waals surface area contributed by atoms with Crippen LogP contribution in [0.25, 0.3) is 11.1 Å². The largest absolute Gasteiger partial charge is 0.422 e. The average molecular weight is 262 g/mol. The molecule has 0 amide bonds. The second-order valence-electron chi connectivity index (χ2n) is 4.09. The number of hydrazone groups is 1. The molecule has 0 fully saturated rings. The zero-order valence-corrected chi connectivity index (χ0v) is 10.4. The summed E-state index contributed by atoms with van der Waals surface area (Å²) in [7, 11) is 0. The number of nitrogens with one attached hydrogen (secondary N) is 1. The third-order valence-corrected chi connectivity index (χ3v) is 2.71. The number of hydrogen-bond acceptors (Lipinski definition) is 5. The van der Waals surface area contributed by atoms with Crippen molar-refractivity contribution in [2.45, 2.75) is 0 Å². The molecule has 1 N–H and O–H groups in total. The SMILES string of the molecule is N#Cc1ccc(/C=N\Nc2nc3ccccc3o2)cc1. The molecule has 5 heteroatoms. The number of nitrogens with zero attached hydrogens (tertiary/aromatic N) is 3. The lowest BCUT2D eigenvalue weighted by Gasteiger charge is -1.93. The van der Waals surface area contributed by atoms with Gasteiger partial charge in [0.2, 0.25) is 0 Å². The molecule has 0 bridgehead atoms. The smallest absolute Gasteiger partial charge is 0.316 e. The van der Waals surface area contributed by atoms with E-state index in [1.807, 2.05) is 36.4 Å². The first-order chi connectivity index (χ1) is 9.85. The molecule has 20 heavy (non-hydrogen) atoms. The van der Waals surface area contributed by atoms with Crippen molar-refractivity contribution < 1.29 is 4.42 Å². The molecule has 0 unspecified atom stereocenters. The van der Waals surface area contributed by atoms with Crippen LogP contribution in [-0.4, -0.2) is 11.2 Å². The predicted octanol–water partition coefficient (Wildman–Crippen LogP) is 3.15. The molecule has 3 aromatic rings. The number of hydrogen-bond donors (Lipinski definition) is 1. The van der Waals surface area contributed by atoms with E-state index in [0.717, 1.165) is 11.1 Å². The highest BCUT2D eigenvalue weighted by Gasteiger charge is 2.02. The summed E-state index contributed by atoms with van der Waals surface area (Å²) in [6.45, 7) is 0. The number of anilines is 1. The zero-order valence-electron chi connectivity index (χ0n) is 10.4. The number of fused-ring (bicyclic) bond motifs is 1. The summed E-state index contributed by atoms with van der Waals surface area (Å²) in [6.07, 6.45) is 1.63. The molecule has 96 valence electrons. The molecule has 0 aliphatic carbocycles. The quantitative estimate of drug-likeness (QED) is 0.581. The molecule has 0 aliphatic heterocycles. The zero-order chi connectivity index (χ0) is 13.8. The van der Waals surface area contributed by atoms with Crippen LogP contribution in [0.15, 0.2) is 58.0 Å². The van der Waals surface area contributed by atoms with Crippen molar-refractivity contribution in [1.82, 2.24) is 4.98 Å². The third-order valence-electron chi connectivity index (χ3n) is 2.71. The van der Waals surface area contributed by atoms with Crippen molar-refractivity contribution in [1.29, 1.82) is 5.26 Å². The minimum Gasteiger partial charge on any atom is -0.422 e. The fourth-order valence-corrected chi connectivity index (χ4v) is 1.73. The highest BCUT2D eigenvalue weighted by molar-refractivity contribution is 5.80. The van der Waals surface area contributed by atoms with Crippen LogP contribution in [0, 0.1) is 11.3 Å². The van der Waals surface area contributed by atoms with E-state index in [9.17, 15) is 0 Å². The molecule has 1 heterocycles. The second-order valence-corrected chi connectivity index (χ2v) is 4.09. The Balaban J connectivity index is 1.71. The lowest BCUT2D eigenvalue weighted by molar-refractivity contribution is 0.617. The maximum Gasteiger partial charge on any atom is 0.316 e. The molecule has 5 nitrogen and oxygen atoms in total. The fourth-order valence-electron chi connectivity index (χ4n) is 1.73. The van der Waals surface area contributed by atoms with Gasteiger partial charge in [-0.15, -0.1) is 0 Å². The molecule has 0 spiro atoms. The molecule has 1 aromatic heterocycles. The summed E-state index contributed by atoms with van der Waals surface area (Å²) in [5.74, 6) is 0. The minimum atomic E-state index is 0.344. The van der Waals surface area contributed by atoms with Crippen LogP contribution >= 0.6 is 0 Å². The van der Waals surface area contributed by atoms with E-state index >= 15 is 0 Å². The Hall–Kier alpha value is -3.13. The van der Waals surface area contributed by atoms with Crippen molar-refractivity contribution in [3.8, 4) is 6.07 Å². The van der Waals surface area contributed by atoms with Gasteiger partial charge in [-0.1, -0.05) is 24.3 Å². The highest BCUT2D eigenvalue weighted by atomic mass is 16.4. The van der Waals surface area contributed by atoms with E-state index in [0.29, 0.717) is 17.2 Å². The molecule has 0 radical (unpaired) electrons. The van der Waals surface area contributed by atoms with Crippen molar-refractivity contribution in [3.63, 3.8) is 0 Å². The van der Waals surface area contributed by atoms with E-state index in [-0.39, 0.29) is 0 Å². The first-order valence-corrected chi connectivity index (χ1v) is 6.00. The monoisotopic (exact) mass is 262 g/mol. The lowest BCUT2D eigenvalue weighted by atomic mass is 10.2. The van der Waals surface area contributed by atoms with E-state index in [2.05, 4.69) is 21.6 Å². The Morgan fingerprint density at radius 3 is 2.70 bits per heavy atom. The Kier molecular flexibility index (Phi) is 3.13. The van der Waals surface area contributed by atoms with E-state index in [1.54, 1.807) is 18.3 Å². The van der Waals surface area contributed by atoms with E-state index in [1.165, 1.54) is 0 Å². The summed E-state index contributed by atoms with van der Waals surface area (Å²) in [5.41, 5.74) is 5.73. The van der Waals surface area contributed by atoms with Gasteiger partial charge in [0, 0.05) is 0 Å². The lowest BCUT2D eigenvalue weighted by Crippen LogP contribution is -1.90. The normalized spacial score (nSPS) is 10.8. The maximum atomic E-state index is 8.71. The van der Waals surface area contributed by atoms with Gasteiger partial charge in [0.15, 0.2) is 5.58 Å². The summed E-state index contributed by atoms with van der Waals surface area (Å²) in [4.78, 5) is 4.24. The Morgan fingerprint density at radius 1 is 1.15 bits per heavy atom. The molecule has 3 rings (SSSR count). The van der Waals surface area contributed by atoms with Crippen molar-refractivity contribution in [3.05, 3.63) is 59.7 Å². The van der Waals surface area contributed by atoms with E-state index < -0.39 is 0 Å². The summed E-state index contributed by atoms with van der Waals surface area (Å²) < 4.78 is 5.46. The van der Waals surface area contributed by atoms with Gasteiger partial charge in [0.1, 0.15) is 5.52 Å². The number of aromatic nitrogens is 1. The number of para-hydroxylation sites is 2. The second kappa shape index (κ2) is 5.24. The molecule has 0 atom stereocenters. The van der Waals surface area contributed by atoms with Crippen LogP contribution in [0.2, 0.25) is 0 Å². The van der Waals surface area contributed by atoms with Crippen molar-refractivity contribution >= 4 is 23.3 Å². The van der Waals surface area contributed by atoms with Gasteiger partial charge >= 0.3 is 6.01 Å². The summed E-state index contributed by atoms with van der Waals surface area (Å²) in [5, 5.41) is 12.8. The molecule has 0 saturated carbocycles. The van der Waals surface area contributed by atoms with Crippen molar-refractivity contribution in [2.24, 2.45) is 5.10 Å². The first-order valence-electron chi connectivity index (χ1n) is 6.00. The highest BCUT2D eigenvalue weighted by Crippen LogP contribution is 2.17. The van der Waals surface area contributed by atoms with Gasteiger partial charge in [0.05, 0.1) is 17.8 Å². The van der Waals surface area contributed by atoms with Gasteiger partial charge in [-0.25, -0.2) is 5.43 Å². The van der Waals surface area contributed by atoms with Gasteiger partial charge in [0.25, 0.3) is 0 Å². The van der Waals surface area contributed by atoms with Crippen LogP contribution in [0.3, 0.4) is 0 Å². The van der Waals surface area contributed by atoms with Gasteiger partial charge < -0.3 is 4.42 Å². The third kappa shape index (κ3) is 2.49. The maximum absolute atomic E-state index is 8.71. The summed E-state index contributed by atoms with van der Waals surface area (Å²) >= 11 is 0. The Morgan fingerprint density at radius 2 is 1.95 bits per heavy atom. The number of rotatable bonds is 3. The molecule has 0 saturated heterocycles. The standard InChI is InChI=1S/C15H10N4O/c16-9-11-5-7-12(8-6-11)10-17-19-15-18-13-3-1-2-4-14(13)20-15/h1-8,10H,(H,18,19)/b17-10-. The van der Waals surface area contributed by atoms with Crippen LogP contribution in [0.4, 0.5) is 6.01 Å². The predicted molar refractivity (Wildman–Crippen MR) is 76.4 cm³/mol. The topological polar surface area (TPSA) is 74.2 Å². The average Bonchev–Trinajstić information content (AvgIpc) is 2.90. The molecular weight excluding hydrogens is 252 g/mol. The van der Waals surface area contributed by atoms with Crippen molar-refractivity contribution in [2.75, 3.05) is 5.43 Å². The minimum absolute atomic E-state index is 0.344. The van der Waals surface area contributed by atoms with E-state index in [4.69, 9.17) is 9.68 Å². The van der Waals surface area contributed by atoms with Gasteiger partial charge in [-0.05, 0) is 29.8 Å².